The molecule has 0 saturated heterocycles. The summed E-state index contributed by atoms with van der Waals surface area (Å²) in [5.41, 5.74) is 0.325. The number of aliphatic imine (C=N–C) groups is 1. The number of allylic oxidation sites excluding steroid dienone is 1. The smallest absolute Gasteiger partial charge is 0.215 e. The van der Waals surface area contributed by atoms with Crippen molar-refractivity contribution in [2.24, 2.45) is 4.99 Å². The molecule has 0 saturated carbocycles. The molecule has 0 aromatic rings. The van der Waals surface area contributed by atoms with Gasteiger partial charge in [-0.15, -0.1) is 0 Å². The van der Waals surface area contributed by atoms with E-state index in [1.54, 1.807) is 0 Å². The second-order valence-electron chi connectivity index (χ2n) is 2.99. The summed E-state index contributed by atoms with van der Waals surface area (Å²) >= 11 is 0. The first-order valence-electron chi connectivity index (χ1n) is 3.98. The predicted molar refractivity (Wildman–Crippen MR) is 54.4 cm³/mol. The van der Waals surface area contributed by atoms with Gasteiger partial charge in [-0.3, -0.25) is 0 Å². The lowest BCUT2D eigenvalue weighted by Gasteiger charge is -1.99. The van der Waals surface area contributed by atoms with Crippen molar-refractivity contribution in [3.63, 3.8) is 0 Å². The van der Waals surface area contributed by atoms with E-state index in [0.717, 1.165) is 5.41 Å². The zero-order valence-electron chi connectivity index (χ0n) is 7.89. The van der Waals surface area contributed by atoms with Gasteiger partial charge in [-0.05, 0) is 6.92 Å². The van der Waals surface area contributed by atoms with Crippen LogP contribution in [0.25, 0.3) is 0 Å². The third kappa shape index (κ3) is 2.42. The van der Waals surface area contributed by atoms with E-state index < -0.39 is 25.4 Å². The van der Waals surface area contributed by atoms with E-state index in [4.69, 9.17) is 0 Å². The molecule has 0 fully saturated rings. The average Bonchev–Trinajstić information content (AvgIpc) is 2.24. The summed E-state index contributed by atoms with van der Waals surface area (Å²) < 4.78 is 45.0. The van der Waals surface area contributed by atoms with Crippen molar-refractivity contribution in [1.29, 1.82) is 0 Å². The summed E-state index contributed by atoms with van der Waals surface area (Å²) in [5, 5.41) is 0.713. The Bertz CT molecular complexity index is 496. The number of nitrogens with zero attached hydrogens (tertiary/aromatic N) is 1. The standard InChI is InChI=1S/C7H11NO4S2/c1-3-13(9,10)5-7-8-6(2)4-14(7,11)12/h4H,3,5H2,1-2H3. The van der Waals surface area contributed by atoms with Gasteiger partial charge in [-0.1, -0.05) is 6.92 Å². The first-order chi connectivity index (χ1) is 6.27. The highest BCUT2D eigenvalue weighted by atomic mass is 32.2. The van der Waals surface area contributed by atoms with E-state index in [1.165, 1.54) is 13.8 Å². The summed E-state index contributed by atoms with van der Waals surface area (Å²) in [4.78, 5) is 3.69. The van der Waals surface area contributed by atoms with Crippen molar-refractivity contribution in [3.8, 4) is 0 Å². The molecule has 80 valence electrons. The van der Waals surface area contributed by atoms with Gasteiger partial charge in [0.25, 0.3) is 0 Å². The summed E-state index contributed by atoms with van der Waals surface area (Å²) in [6.07, 6.45) is 0. The van der Waals surface area contributed by atoms with Gasteiger partial charge in [0.05, 0.1) is 11.1 Å². The van der Waals surface area contributed by atoms with Crippen LogP contribution in [0.5, 0.6) is 0 Å². The second kappa shape index (κ2) is 3.47. The van der Waals surface area contributed by atoms with E-state index >= 15 is 0 Å². The SMILES string of the molecule is CCS(=O)(=O)CC1=NC(C)=CS1(=O)=O. The van der Waals surface area contributed by atoms with Crippen molar-refractivity contribution < 1.29 is 16.8 Å². The second-order valence-corrected chi connectivity index (χ2v) is 7.14. The Morgan fingerprint density at radius 3 is 2.36 bits per heavy atom. The molecule has 0 aliphatic carbocycles. The molecular formula is C7H11NO4S2. The zero-order valence-corrected chi connectivity index (χ0v) is 9.52. The Kier molecular flexibility index (Phi) is 2.82. The minimum atomic E-state index is -3.57. The van der Waals surface area contributed by atoms with Crippen LogP contribution in [0.2, 0.25) is 0 Å². The maximum absolute atomic E-state index is 11.3. The number of rotatable bonds is 3. The highest BCUT2D eigenvalue weighted by Gasteiger charge is 2.27. The molecule has 14 heavy (non-hydrogen) atoms. The lowest BCUT2D eigenvalue weighted by molar-refractivity contribution is 0.599. The lowest BCUT2D eigenvalue weighted by atomic mass is 10.6. The van der Waals surface area contributed by atoms with Crippen molar-refractivity contribution in [2.45, 2.75) is 13.8 Å². The Morgan fingerprint density at radius 2 is 2.00 bits per heavy atom. The number of hydrogen-bond donors (Lipinski definition) is 0. The third-order valence-corrected chi connectivity index (χ3v) is 5.06. The van der Waals surface area contributed by atoms with Crippen molar-refractivity contribution in [3.05, 3.63) is 11.1 Å². The lowest BCUT2D eigenvalue weighted by Crippen LogP contribution is -2.22. The zero-order chi connectivity index (χ0) is 11.0. The molecule has 0 aromatic heterocycles. The highest BCUT2D eigenvalue weighted by molar-refractivity contribution is 8.11. The molecule has 1 heterocycles. The van der Waals surface area contributed by atoms with Gasteiger partial charge in [0.2, 0.25) is 9.84 Å². The minimum absolute atomic E-state index is 0.0828. The van der Waals surface area contributed by atoms with Gasteiger partial charge in [0, 0.05) is 5.75 Å². The van der Waals surface area contributed by atoms with Crippen molar-refractivity contribution in [2.75, 3.05) is 11.5 Å². The number of sulfone groups is 2. The summed E-state index contributed by atoms with van der Waals surface area (Å²) in [6, 6.07) is 0. The summed E-state index contributed by atoms with van der Waals surface area (Å²) in [6.45, 7) is 2.99. The van der Waals surface area contributed by atoms with E-state index in [2.05, 4.69) is 4.99 Å². The van der Waals surface area contributed by atoms with Crippen LogP contribution in [0.15, 0.2) is 16.1 Å². The Balaban J connectivity index is 3.02. The van der Waals surface area contributed by atoms with Gasteiger partial charge in [0.15, 0.2) is 14.9 Å². The van der Waals surface area contributed by atoms with Gasteiger partial charge in [0.1, 0.15) is 5.75 Å². The number of hydrogen-bond acceptors (Lipinski definition) is 5. The molecule has 0 bridgehead atoms. The normalized spacial score (nSPS) is 20.4. The molecule has 0 atom stereocenters. The van der Waals surface area contributed by atoms with E-state index in [1.807, 2.05) is 0 Å². The van der Waals surface area contributed by atoms with Crippen LogP contribution in [-0.4, -0.2) is 33.4 Å². The van der Waals surface area contributed by atoms with Gasteiger partial charge in [-0.25, -0.2) is 21.8 Å². The summed E-state index contributed by atoms with van der Waals surface area (Å²) in [7, 11) is -6.91. The molecule has 1 aliphatic heterocycles. The molecule has 0 aromatic carbocycles. The molecule has 5 nitrogen and oxygen atoms in total. The minimum Gasteiger partial charge on any atom is -0.244 e. The van der Waals surface area contributed by atoms with Crippen LogP contribution in [0.3, 0.4) is 0 Å². The van der Waals surface area contributed by atoms with E-state index in [0.29, 0.717) is 5.70 Å². The van der Waals surface area contributed by atoms with Crippen LogP contribution in [0.4, 0.5) is 0 Å². The fourth-order valence-electron chi connectivity index (χ4n) is 0.984. The Hall–Kier alpha value is -0.690. The molecule has 1 aliphatic rings. The fourth-order valence-corrected chi connectivity index (χ4v) is 3.73. The summed E-state index contributed by atoms with van der Waals surface area (Å²) in [5.74, 6) is -0.583. The molecule has 0 amide bonds. The van der Waals surface area contributed by atoms with Crippen LogP contribution in [-0.2, 0) is 19.7 Å². The van der Waals surface area contributed by atoms with Crippen molar-refractivity contribution >= 4 is 24.7 Å². The maximum atomic E-state index is 11.3. The van der Waals surface area contributed by atoms with Crippen molar-refractivity contribution in [1.82, 2.24) is 0 Å². The highest BCUT2D eigenvalue weighted by Crippen LogP contribution is 2.15. The van der Waals surface area contributed by atoms with Gasteiger partial charge < -0.3 is 0 Å². The molecule has 0 spiro atoms. The molecule has 0 radical (unpaired) electrons. The largest absolute Gasteiger partial charge is 0.244 e. The molecule has 1 rings (SSSR count). The Morgan fingerprint density at radius 1 is 1.43 bits per heavy atom. The predicted octanol–water partition coefficient (Wildman–Crippen LogP) is 0.109. The average molecular weight is 237 g/mol. The maximum Gasteiger partial charge on any atom is 0.215 e. The molecule has 0 N–H and O–H groups in total. The molecular weight excluding hydrogens is 226 g/mol. The first-order valence-corrected chi connectivity index (χ1v) is 7.35. The first kappa shape index (κ1) is 11.4. The monoisotopic (exact) mass is 237 g/mol. The van der Waals surface area contributed by atoms with Gasteiger partial charge in [-0.2, -0.15) is 0 Å². The van der Waals surface area contributed by atoms with E-state index in [9.17, 15) is 16.8 Å². The fraction of sp³-hybridized carbons (Fsp3) is 0.571. The molecule has 7 heteroatoms. The molecule has 0 unspecified atom stereocenters. The topological polar surface area (TPSA) is 80.6 Å². The Labute approximate surface area is 83.4 Å². The third-order valence-electron chi connectivity index (χ3n) is 1.74. The van der Waals surface area contributed by atoms with E-state index in [-0.39, 0.29) is 10.8 Å². The van der Waals surface area contributed by atoms with Gasteiger partial charge >= 0.3 is 0 Å². The van der Waals surface area contributed by atoms with Crippen LogP contribution >= 0.6 is 0 Å². The van der Waals surface area contributed by atoms with Crippen LogP contribution < -0.4 is 0 Å². The van der Waals surface area contributed by atoms with Crippen LogP contribution in [0.1, 0.15) is 13.8 Å². The quantitative estimate of drug-likeness (QED) is 0.697. The van der Waals surface area contributed by atoms with Crippen LogP contribution in [0, 0.1) is 0 Å².